The predicted octanol–water partition coefficient (Wildman–Crippen LogP) is 2.09. The first kappa shape index (κ1) is 12.4. The third-order valence-electron chi connectivity index (χ3n) is 2.28. The molecule has 1 aromatic rings. The molecule has 1 aromatic carbocycles. The van der Waals surface area contributed by atoms with Crippen LogP contribution in [0.15, 0.2) is 18.2 Å². The fraction of sp³-hybridized carbons (Fsp3) is 0.455. The van der Waals surface area contributed by atoms with Gasteiger partial charge in [0.25, 0.3) is 5.69 Å². The smallest absolute Gasteiger partial charge is 0.274 e. The van der Waals surface area contributed by atoms with Gasteiger partial charge in [-0.05, 0) is 26.8 Å². The molecule has 0 saturated carbocycles. The van der Waals surface area contributed by atoms with E-state index in [4.69, 9.17) is 5.11 Å². The van der Waals surface area contributed by atoms with Crippen molar-refractivity contribution >= 4 is 11.4 Å². The minimum Gasteiger partial charge on any atom is -0.394 e. The Labute approximate surface area is 94.3 Å². The summed E-state index contributed by atoms with van der Waals surface area (Å²) in [5.41, 5.74) is 0.843. The highest BCUT2D eigenvalue weighted by Gasteiger charge is 2.18. The molecule has 0 aliphatic heterocycles. The standard InChI is InChI=1S/C11H16N2O3/c1-8-4-5-9(6-10(8)13(15)16)12-11(2,3)7-14/h4-6,12,14H,7H2,1-3H3. The molecule has 0 fully saturated rings. The molecule has 0 atom stereocenters. The molecule has 1 rings (SSSR count). The van der Waals surface area contributed by atoms with E-state index < -0.39 is 10.5 Å². The normalized spacial score (nSPS) is 11.2. The van der Waals surface area contributed by atoms with E-state index in [0.717, 1.165) is 0 Å². The first-order valence-corrected chi connectivity index (χ1v) is 5.00. The molecule has 0 aliphatic carbocycles. The maximum atomic E-state index is 10.7. The van der Waals surface area contributed by atoms with Crippen LogP contribution in [0, 0.1) is 17.0 Å². The Morgan fingerprint density at radius 2 is 2.12 bits per heavy atom. The lowest BCUT2D eigenvalue weighted by Gasteiger charge is -2.24. The van der Waals surface area contributed by atoms with E-state index in [1.807, 2.05) is 13.8 Å². The minimum atomic E-state index is -0.497. The van der Waals surface area contributed by atoms with E-state index >= 15 is 0 Å². The number of rotatable bonds is 4. The van der Waals surface area contributed by atoms with Crippen molar-refractivity contribution in [3.8, 4) is 0 Å². The zero-order chi connectivity index (χ0) is 12.3. The molecular weight excluding hydrogens is 208 g/mol. The summed E-state index contributed by atoms with van der Waals surface area (Å²) in [6.07, 6.45) is 0. The van der Waals surface area contributed by atoms with Gasteiger partial charge in [-0.2, -0.15) is 0 Å². The van der Waals surface area contributed by atoms with Gasteiger partial charge in [-0.15, -0.1) is 0 Å². The van der Waals surface area contributed by atoms with Crippen molar-refractivity contribution in [3.63, 3.8) is 0 Å². The summed E-state index contributed by atoms with van der Waals surface area (Å²) in [5.74, 6) is 0. The Morgan fingerprint density at radius 3 is 2.62 bits per heavy atom. The lowest BCUT2D eigenvalue weighted by molar-refractivity contribution is -0.385. The van der Waals surface area contributed by atoms with Gasteiger partial charge in [0.1, 0.15) is 0 Å². The predicted molar refractivity (Wildman–Crippen MR) is 62.6 cm³/mol. The van der Waals surface area contributed by atoms with Crippen LogP contribution < -0.4 is 5.32 Å². The summed E-state index contributed by atoms with van der Waals surface area (Å²) in [6.45, 7) is 5.28. The fourth-order valence-corrected chi connectivity index (χ4v) is 1.31. The monoisotopic (exact) mass is 224 g/mol. The first-order valence-electron chi connectivity index (χ1n) is 5.00. The lowest BCUT2D eigenvalue weighted by atomic mass is 10.1. The molecule has 0 saturated heterocycles. The molecule has 5 heteroatoms. The molecule has 0 radical (unpaired) electrons. The number of aryl methyl sites for hydroxylation is 1. The van der Waals surface area contributed by atoms with Crippen LogP contribution >= 0.6 is 0 Å². The Balaban J connectivity index is 3.00. The van der Waals surface area contributed by atoms with Crippen LogP contribution in [0.25, 0.3) is 0 Å². The third-order valence-corrected chi connectivity index (χ3v) is 2.28. The maximum absolute atomic E-state index is 10.7. The number of hydrogen-bond acceptors (Lipinski definition) is 4. The van der Waals surface area contributed by atoms with E-state index in [1.165, 1.54) is 6.07 Å². The van der Waals surface area contributed by atoms with Crippen molar-refractivity contribution in [1.29, 1.82) is 0 Å². The highest BCUT2D eigenvalue weighted by molar-refractivity contribution is 5.55. The zero-order valence-corrected chi connectivity index (χ0v) is 9.65. The Morgan fingerprint density at radius 1 is 1.50 bits per heavy atom. The van der Waals surface area contributed by atoms with Crippen LogP contribution in [-0.4, -0.2) is 22.2 Å². The molecule has 5 nitrogen and oxygen atoms in total. The van der Waals surface area contributed by atoms with Gasteiger partial charge in [0.2, 0.25) is 0 Å². The van der Waals surface area contributed by atoms with E-state index in [9.17, 15) is 10.1 Å². The SMILES string of the molecule is Cc1ccc(NC(C)(C)CO)cc1[N+](=O)[O-]. The number of aliphatic hydroxyl groups is 1. The van der Waals surface area contributed by atoms with Crippen LogP contribution in [0.4, 0.5) is 11.4 Å². The number of anilines is 1. The Hall–Kier alpha value is -1.62. The van der Waals surface area contributed by atoms with Gasteiger partial charge >= 0.3 is 0 Å². The lowest BCUT2D eigenvalue weighted by Crippen LogP contribution is -2.34. The summed E-state index contributed by atoms with van der Waals surface area (Å²) >= 11 is 0. The van der Waals surface area contributed by atoms with Crippen molar-refractivity contribution in [2.45, 2.75) is 26.3 Å². The number of nitrogens with one attached hydrogen (secondary N) is 1. The van der Waals surface area contributed by atoms with Crippen molar-refractivity contribution in [2.75, 3.05) is 11.9 Å². The summed E-state index contributed by atoms with van der Waals surface area (Å²) in [4.78, 5) is 10.3. The highest BCUT2D eigenvalue weighted by atomic mass is 16.6. The van der Waals surface area contributed by atoms with E-state index in [0.29, 0.717) is 11.3 Å². The van der Waals surface area contributed by atoms with Gasteiger partial charge in [-0.1, -0.05) is 6.07 Å². The first-order chi connectivity index (χ1) is 7.35. The quantitative estimate of drug-likeness (QED) is 0.606. The van der Waals surface area contributed by atoms with Crippen LogP contribution in [0.5, 0.6) is 0 Å². The fourth-order valence-electron chi connectivity index (χ4n) is 1.31. The Kier molecular flexibility index (Phi) is 3.49. The molecule has 0 bridgehead atoms. The molecule has 2 N–H and O–H groups in total. The summed E-state index contributed by atoms with van der Waals surface area (Å²) < 4.78 is 0. The average Bonchev–Trinajstić information content (AvgIpc) is 2.20. The third kappa shape index (κ3) is 2.93. The van der Waals surface area contributed by atoms with Crippen molar-refractivity contribution in [3.05, 3.63) is 33.9 Å². The number of benzene rings is 1. The van der Waals surface area contributed by atoms with Gasteiger partial charge in [-0.3, -0.25) is 10.1 Å². The van der Waals surface area contributed by atoms with E-state index in [-0.39, 0.29) is 12.3 Å². The zero-order valence-electron chi connectivity index (χ0n) is 9.65. The second kappa shape index (κ2) is 4.49. The number of nitro benzene ring substituents is 1. The van der Waals surface area contributed by atoms with Crippen LogP contribution in [0.1, 0.15) is 19.4 Å². The molecule has 16 heavy (non-hydrogen) atoms. The topological polar surface area (TPSA) is 75.4 Å². The number of nitro groups is 1. The number of nitrogens with zero attached hydrogens (tertiary/aromatic N) is 1. The number of hydrogen-bond donors (Lipinski definition) is 2. The van der Waals surface area contributed by atoms with Crippen LogP contribution in [-0.2, 0) is 0 Å². The molecule has 0 aromatic heterocycles. The molecular formula is C11H16N2O3. The molecule has 0 heterocycles. The second-order valence-electron chi connectivity index (χ2n) is 4.43. The molecule has 0 aliphatic rings. The summed E-state index contributed by atoms with van der Waals surface area (Å²) in [7, 11) is 0. The van der Waals surface area contributed by atoms with E-state index in [1.54, 1.807) is 19.1 Å². The van der Waals surface area contributed by atoms with E-state index in [2.05, 4.69) is 5.32 Å². The average molecular weight is 224 g/mol. The Bertz CT molecular complexity index is 402. The van der Waals surface area contributed by atoms with Crippen molar-refractivity contribution < 1.29 is 10.0 Å². The highest BCUT2D eigenvalue weighted by Crippen LogP contribution is 2.24. The van der Waals surface area contributed by atoms with Gasteiger partial charge in [0.15, 0.2) is 0 Å². The summed E-state index contributed by atoms with van der Waals surface area (Å²) in [5, 5.41) is 22.9. The van der Waals surface area contributed by atoms with Crippen molar-refractivity contribution in [2.24, 2.45) is 0 Å². The number of aliphatic hydroxyl groups excluding tert-OH is 1. The van der Waals surface area contributed by atoms with Gasteiger partial charge in [0, 0.05) is 17.3 Å². The molecule has 0 unspecified atom stereocenters. The second-order valence-corrected chi connectivity index (χ2v) is 4.43. The largest absolute Gasteiger partial charge is 0.394 e. The summed E-state index contributed by atoms with van der Waals surface area (Å²) in [6, 6.07) is 4.93. The molecule has 0 amide bonds. The van der Waals surface area contributed by atoms with Gasteiger partial charge in [-0.25, -0.2) is 0 Å². The van der Waals surface area contributed by atoms with Gasteiger partial charge < -0.3 is 10.4 Å². The van der Waals surface area contributed by atoms with Crippen LogP contribution in [0.3, 0.4) is 0 Å². The van der Waals surface area contributed by atoms with Gasteiger partial charge in [0.05, 0.1) is 17.1 Å². The van der Waals surface area contributed by atoms with Crippen molar-refractivity contribution in [1.82, 2.24) is 0 Å². The van der Waals surface area contributed by atoms with Crippen LogP contribution in [0.2, 0.25) is 0 Å². The minimum absolute atomic E-state index is 0.0470. The molecule has 0 spiro atoms. The maximum Gasteiger partial charge on any atom is 0.274 e. The molecule has 88 valence electrons.